The second-order valence-corrected chi connectivity index (χ2v) is 11.9. The normalized spacial score (nSPS) is 12.5. The number of benzene rings is 2. The number of anilines is 1. The number of ether oxygens (including phenoxy) is 2. The van der Waals surface area contributed by atoms with E-state index in [2.05, 4.69) is 20.4 Å². The molecule has 0 aliphatic rings. The number of halogens is 4. The topological polar surface area (TPSA) is 151 Å². The van der Waals surface area contributed by atoms with E-state index in [1.165, 1.54) is 0 Å². The quantitative estimate of drug-likeness (QED) is 0.190. The first-order valence-electron chi connectivity index (χ1n) is 12.4. The predicted octanol–water partition coefficient (Wildman–Crippen LogP) is 3.78. The monoisotopic (exact) mass is 610 g/mol. The van der Waals surface area contributed by atoms with Crippen molar-refractivity contribution < 1.29 is 40.2 Å². The fourth-order valence-electron chi connectivity index (χ4n) is 3.69. The van der Waals surface area contributed by atoms with Gasteiger partial charge in [0.1, 0.15) is 44.8 Å². The first kappa shape index (κ1) is 30.6. The molecule has 0 saturated heterocycles. The van der Waals surface area contributed by atoms with Gasteiger partial charge in [0.15, 0.2) is 23.9 Å². The maximum absolute atomic E-state index is 14.9. The van der Waals surface area contributed by atoms with Crippen LogP contribution in [0.25, 0.3) is 22.3 Å². The molecule has 0 saturated carbocycles. The van der Waals surface area contributed by atoms with Gasteiger partial charge < -0.3 is 20.5 Å². The van der Waals surface area contributed by atoms with Crippen molar-refractivity contribution >= 4 is 32.7 Å². The molecule has 0 aliphatic carbocycles. The summed E-state index contributed by atoms with van der Waals surface area (Å²) >= 11 is 0. The van der Waals surface area contributed by atoms with Crippen molar-refractivity contribution in [1.82, 2.24) is 19.7 Å². The minimum Gasteiger partial charge on any atom is -0.441 e. The summed E-state index contributed by atoms with van der Waals surface area (Å²) in [5, 5.41) is 7.05. The molecule has 0 amide bonds. The Hall–Kier alpha value is -4.31. The molecule has 0 unspecified atom stereocenters. The molecule has 224 valence electrons. The smallest absolute Gasteiger partial charge is 0.326 e. The van der Waals surface area contributed by atoms with Gasteiger partial charge in [-0.1, -0.05) is 13.8 Å². The Balaban J connectivity index is 1.90. The van der Waals surface area contributed by atoms with Crippen molar-refractivity contribution in [3.8, 4) is 23.0 Å². The van der Waals surface area contributed by atoms with Gasteiger partial charge in [0.2, 0.25) is 0 Å². The average Bonchev–Trinajstić information content (AvgIpc) is 3.27. The maximum Gasteiger partial charge on any atom is 0.326 e. The molecule has 0 radical (unpaired) electrons. The van der Waals surface area contributed by atoms with E-state index in [1.807, 2.05) is 0 Å². The van der Waals surface area contributed by atoms with Crippen LogP contribution in [0, 0.1) is 29.2 Å². The highest BCUT2D eigenvalue weighted by atomic mass is 32.2. The average molecular weight is 611 g/mol. The lowest BCUT2D eigenvalue weighted by atomic mass is 10.1. The molecule has 0 spiro atoms. The van der Waals surface area contributed by atoms with Crippen LogP contribution in [0.3, 0.4) is 0 Å². The minimum absolute atomic E-state index is 0.0239. The van der Waals surface area contributed by atoms with Crippen molar-refractivity contribution in [2.45, 2.75) is 26.6 Å². The second-order valence-electron chi connectivity index (χ2n) is 9.62. The number of carbonyl (C=O) groups excluding carboxylic acids is 1. The highest BCUT2D eigenvalue weighted by molar-refractivity contribution is 7.90. The highest BCUT2D eigenvalue weighted by Gasteiger charge is 2.25. The highest BCUT2D eigenvalue weighted by Crippen LogP contribution is 2.36. The van der Waals surface area contributed by atoms with Crippen LogP contribution < -0.4 is 15.8 Å². The Kier molecular flexibility index (Phi) is 8.96. The fraction of sp³-hybridized carbons (Fsp3) is 0.308. The van der Waals surface area contributed by atoms with Crippen molar-refractivity contribution in [3.05, 3.63) is 59.7 Å². The van der Waals surface area contributed by atoms with Gasteiger partial charge in [-0.3, -0.25) is 4.79 Å². The van der Waals surface area contributed by atoms with E-state index in [4.69, 9.17) is 15.2 Å². The van der Waals surface area contributed by atoms with Gasteiger partial charge in [0.25, 0.3) is 0 Å². The van der Waals surface area contributed by atoms with E-state index in [0.29, 0.717) is 6.07 Å². The predicted molar refractivity (Wildman–Crippen MR) is 144 cm³/mol. The summed E-state index contributed by atoms with van der Waals surface area (Å²) in [6.07, 6.45) is 1.01. The van der Waals surface area contributed by atoms with E-state index in [0.717, 1.165) is 41.3 Å². The summed E-state index contributed by atoms with van der Waals surface area (Å²) in [6.45, 7) is 2.64. The Morgan fingerprint density at radius 1 is 1.05 bits per heavy atom. The van der Waals surface area contributed by atoms with Crippen LogP contribution in [0.1, 0.15) is 13.8 Å². The summed E-state index contributed by atoms with van der Waals surface area (Å²) in [5.74, 6) is -5.56. The lowest BCUT2D eigenvalue weighted by molar-refractivity contribution is -0.150. The molecule has 3 N–H and O–H groups in total. The fourth-order valence-corrected chi connectivity index (χ4v) is 4.16. The summed E-state index contributed by atoms with van der Waals surface area (Å²) < 4.78 is 92.1. The van der Waals surface area contributed by atoms with E-state index < -0.39 is 63.6 Å². The SMILES string of the molecule is CC(C)[C@@H](N)C(=O)OCn1nc(-c2cc(F)ccc2F)c2c(NCCS(C)(=O)=O)nc(Oc3ccc(F)cc3F)nc21. The number of fused-ring (bicyclic) bond motifs is 1. The molecule has 4 aromatic rings. The zero-order chi connectivity index (χ0) is 30.8. The number of nitrogens with two attached hydrogens (primary N) is 1. The summed E-state index contributed by atoms with van der Waals surface area (Å²) in [5.41, 5.74) is 5.22. The van der Waals surface area contributed by atoms with Crippen LogP contribution in [0.5, 0.6) is 11.8 Å². The van der Waals surface area contributed by atoms with Gasteiger partial charge in [-0.25, -0.2) is 30.7 Å². The standard InChI is InChI=1S/C26H26F4N6O5S/c1-13(2)21(31)25(37)40-12-36-24-20(22(35-36)16-10-14(27)4-6-17(16)29)23(32-8-9-42(3,38)39)33-26(34-24)41-19-7-5-15(28)11-18(19)30/h4-7,10-11,13,21H,8-9,12,31H2,1-3H3,(H,32,33,34)/t21-/m1/s1. The van der Waals surface area contributed by atoms with Crippen molar-refractivity contribution in [3.63, 3.8) is 0 Å². The Labute approximate surface area is 237 Å². The first-order chi connectivity index (χ1) is 19.7. The van der Waals surface area contributed by atoms with Crippen LogP contribution in [0.15, 0.2) is 36.4 Å². The Morgan fingerprint density at radius 2 is 1.74 bits per heavy atom. The molecule has 16 heteroatoms. The van der Waals surface area contributed by atoms with Gasteiger partial charge in [-0.2, -0.15) is 15.1 Å². The van der Waals surface area contributed by atoms with E-state index in [9.17, 15) is 30.8 Å². The number of carbonyl (C=O) groups is 1. The zero-order valence-electron chi connectivity index (χ0n) is 22.6. The van der Waals surface area contributed by atoms with E-state index >= 15 is 0 Å². The largest absolute Gasteiger partial charge is 0.441 e. The first-order valence-corrected chi connectivity index (χ1v) is 14.5. The van der Waals surface area contributed by atoms with Crippen LogP contribution in [0.2, 0.25) is 0 Å². The summed E-state index contributed by atoms with van der Waals surface area (Å²) in [4.78, 5) is 20.8. The maximum atomic E-state index is 14.9. The van der Waals surface area contributed by atoms with Crippen LogP contribution in [-0.4, -0.2) is 58.7 Å². The number of hydrogen-bond donors (Lipinski definition) is 2. The summed E-state index contributed by atoms with van der Waals surface area (Å²) in [7, 11) is -3.44. The molecular weight excluding hydrogens is 584 g/mol. The summed E-state index contributed by atoms with van der Waals surface area (Å²) in [6, 6.07) is 3.68. The number of aromatic nitrogens is 4. The van der Waals surface area contributed by atoms with E-state index in [1.54, 1.807) is 13.8 Å². The molecule has 42 heavy (non-hydrogen) atoms. The molecule has 2 heterocycles. The van der Waals surface area contributed by atoms with Crippen molar-refractivity contribution in [2.24, 2.45) is 11.7 Å². The molecule has 0 fully saturated rings. The number of hydrogen-bond acceptors (Lipinski definition) is 10. The molecule has 0 aliphatic heterocycles. The molecule has 1 atom stereocenters. The van der Waals surface area contributed by atoms with Gasteiger partial charge in [0.05, 0.1) is 11.1 Å². The zero-order valence-corrected chi connectivity index (χ0v) is 23.4. The lowest BCUT2D eigenvalue weighted by Gasteiger charge is -2.14. The van der Waals surface area contributed by atoms with Crippen LogP contribution in [-0.2, 0) is 26.1 Å². The third-order valence-electron chi connectivity index (χ3n) is 5.93. The number of nitrogens with zero attached hydrogens (tertiary/aromatic N) is 4. The minimum atomic E-state index is -3.44. The second kappa shape index (κ2) is 12.3. The number of rotatable bonds is 11. The number of sulfone groups is 1. The Morgan fingerprint density at radius 3 is 2.40 bits per heavy atom. The van der Waals surface area contributed by atoms with Gasteiger partial charge in [-0.15, -0.1) is 0 Å². The molecule has 2 aromatic carbocycles. The van der Waals surface area contributed by atoms with Crippen LogP contribution in [0.4, 0.5) is 23.4 Å². The number of nitrogens with one attached hydrogen (secondary N) is 1. The van der Waals surface area contributed by atoms with Gasteiger partial charge >= 0.3 is 12.0 Å². The molecule has 2 aromatic heterocycles. The molecule has 4 rings (SSSR count). The van der Waals surface area contributed by atoms with E-state index in [-0.39, 0.29) is 46.3 Å². The van der Waals surface area contributed by atoms with Crippen molar-refractivity contribution in [1.29, 1.82) is 0 Å². The lowest BCUT2D eigenvalue weighted by Crippen LogP contribution is -2.37. The third kappa shape index (κ3) is 7.12. The van der Waals surface area contributed by atoms with Gasteiger partial charge in [0, 0.05) is 24.4 Å². The third-order valence-corrected chi connectivity index (χ3v) is 6.88. The number of esters is 1. The Bertz CT molecular complexity index is 1750. The molecule has 0 bridgehead atoms. The van der Waals surface area contributed by atoms with Crippen LogP contribution >= 0.6 is 0 Å². The molecular formula is C26H26F4N6O5S. The van der Waals surface area contributed by atoms with Gasteiger partial charge in [-0.05, 0) is 36.2 Å². The molecule has 11 nitrogen and oxygen atoms in total. The van der Waals surface area contributed by atoms with Crippen molar-refractivity contribution in [2.75, 3.05) is 23.9 Å².